The molecule has 0 unspecified atom stereocenters. The van der Waals surface area contributed by atoms with Crippen LogP contribution in [-0.2, 0) is 10.2 Å². The summed E-state index contributed by atoms with van der Waals surface area (Å²) in [6, 6.07) is 6.63. The van der Waals surface area contributed by atoms with Crippen LogP contribution in [0, 0.1) is 0 Å². The Labute approximate surface area is 93.0 Å². The van der Waals surface area contributed by atoms with E-state index in [-0.39, 0.29) is 6.54 Å². The fraction of sp³-hybridized carbons (Fsp3) is 0.250. The lowest BCUT2D eigenvalue weighted by atomic mass is 10.1. The highest BCUT2D eigenvalue weighted by Crippen LogP contribution is 2.21. The largest absolute Gasteiger partial charge is 0.387 e. The average Bonchev–Trinajstić information content (AvgIpc) is 2.14. The Morgan fingerprint density at radius 2 is 2.07 bits per heavy atom. The van der Waals surface area contributed by atoms with Gasteiger partial charge >= 0.3 is 0 Å². The molecule has 0 amide bonds. The molecule has 0 saturated heterocycles. The number of aliphatic hydroxyl groups excluding tert-OH is 1. The molecule has 0 fully saturated rings. The van der Waals surface area contributed by atoms with E-state index in [1.165, 1.54) is 0 Å². The maximum atomic E-state index is 10.6. The Kier molecular flexibility index (Phi) is 4.06. The monoisotopic (exact) mass is 250 g/mol. The van der Waals surface area contributed by atoms with Gasteiger partial charge in [0.15, 0.2) is 0 Å². The van der Waals surface area contributed by atoms with Crippen molar-refractivity contribution in [1.82, 2.24) is 4.72 Å². The summed E-state index contributed by atoms with van der Waals surface area (Å²) < 4.78 is 23.1. The van der Waals surface area contributed by atoms with E-state index in [2.05, 4.69) is 0 Å². The first-order valence-electron chi connectivity index (χ1n) is 4.10. The van der Waals surface area contributed by atoms with Crippen molar-refractivity contribution in [2.45, 2.75) is 6.10 Å². The molecular formula is C8H11ClN2O3S. The zero-order valence-corrected chi connectivity index (χ0v) is 9.29. The highest BCUT2D eigenvalue weighted by Gasteiger charge is 2.12. The first-order valence-corrected chi connectivity index (χ1v) is 6.02. The van der Waals surface area contributed by atoms with Gasteiger partial charge < -0.3 is 5.11 Å². The van der Waals surface area contributed by atoms with Crippen LogP contribution in [-0.4, -0.2) is 20.1 Å². The predicted molar refractivity (Wildman–Crippen MR) is 57.5 cm³/mol. The van der Waals surface area contributed by atoms with Gasteiger partial charge in [-0.1, -0.05) is 29.8 Å². The zero-order valence-electron chi connectivity index (χ0n) is 7.72. The first-order chi connectivity index (χ1) is 6.90. The van der Waals surface area contributed by atoms with Gasteiger partial charge in [-0.2, -0.15) is 13.1 Å². The van der Waals surface area contributed by atoms with Gasteiger partial charge in [-0.15, -0.1) is 0 Å². The molecule has 0 aliphatic heterocycles. The number of hydrogen-bond donors (Lipinski definition) is 3. The number of nitrogens with two attached hydrogens (primary N) is 1. The average molecular weight is 251 g/mol. The number of hydrogen-bond acceptors (Lipinski definition) is 3. The van der Waals surface area contributed by atoms with Gasteiger partial charge in [-0.25, -0.2) is 5.14 Å². The van der Waals surface area contributed by atoms with Crippen molar-refractivity contribution < 1.29 is 13.5 Å². The molecule has 0 radical (unpaired) electrons. The summed E-state index contributed by atoms with van der Waals surface area (Å²) in [4.78, 5) is 0. The SMILES string of the molecule is NS(=O)(=O)NC[C@@H](O)c1ccccc1Cl. The molecule has 1 rings (SSSR count). The molecule has 15 heavy (non-hydrogen) atoms. The number of rotatable bonds is 4. The van der Waals surface area contributed by atoms with Gasteiger partial charge in [-0.05, 0) is 6.07 Å². The van der Waals surface area contributed by atoms with Crippen LogP contribution in [0.4, 0.5) is 0 Å². The molecule has 1 atom stereocenters. The van der Waals surface area contributed by atoms with Gasteiger partial charge in [0.1, 0.15) is 0 Å². The van der Waals surface area contributed by atoms with Crippen molar-refractivity contribution in [2.24, 2.45) is 5.14 Å². The minimum atomic E-state index is -3.79. The van der Waals surface area contributed by atoms with Crippen molar-refractivity contribution in [3.63, 3.8) is 0 Å². The molecule has 1 aromatic rings. The van der Waals surface area contributed by atoms with E-state index in [1.807, 2.05) is 4.72 Å². The van der Waals surface area contributed by atoms with Crippen LogP contribution in [0.1, 0.15) is 11.7 Å². The second kappa shape index (κ2) is 4.91. The quantitative estimate of drug-likeness (QED) is 0.711. The third-order valence-electron chi connectivity index (χ3n) is 1.74. The van der Waals surface area contributed by atoms with Gasteiger partial charge in [-0.3, -0.25) is 0 Å². The van der Waals surface area contributed by atoms with E-state index in [0.29, 0.717) is 10.6 Å². The minimum Gasteiger partial charge on any atom is -0.387 e. The van der Waals surface area contributed by atoms with Crippen molar-refractivity contribution in [1.29, 1.82) is 0 Å². The van der Waals surface area contributed by atoms with Crippen LogP contribution in [0.3, 0.4) is 0 Å². The fourth-order valence-electron chi connectivity index (χ4n) is 1.05. The Hall–Kier alpha value is -0.660. The number of nitrogens with one attached hydrogen (secondary N) is 1. The summed E-state index contributed by atoms with van der Waals surface area (Å²) in [5.41, 5.74) is 0.454. The summed E-state index contributed by atoms with van der Waals surface area (Å²) in [5, 5.41) is 14.7. The third-order valence-corrected chi connectivity index (χ3v) is 2.66. The van der Waals surface area contributed by atoms with E-state index >= 15 is 0 Å². The van der Waals surface area contributed by atoms with Gasteiger partial charge in [0.2, 0.25) is 0 Å². The van der Waals surface area contributed by atoms with E-state index in [9.17, 15) is 13.5 Å². The fourth-order valence-corrected chi connectivity index (χ4v) is 1.70. The summed E-state index contributed by atoms with van der Waals surface area (Å²) >= 11 is 5.80. The topological polar surface area (TPSA) is 92.4 Å². The molecule has 0 aromatic heterocycles. The van der Waals surface area contributed by atoms with Crippen molar-refractivity contribution in [3.8, 4) is 0 Å². The molecule has 0 aliphatic rings. The molecule has 84 valence electrons. The number of aliphatic hydroxyl groups is 1. The van der Waals surface area contributed by atoms with E-state index < -0.39 is 16.3 Å². The van der Waals surface area contributed by atoms with Crippen LogP contribution in [0.5, 0.6) is 0 Å². The van der Waals surface area contributed by atoms with Gasteiger partial charge in [0, 0.05) is 17.1 Å². The van der Waals surface area contributed by atoms with Crippen molar-refractivity contribution in [3.05, 3.63) is 34.9 Å². The molecule has 0 aliphatic carbocycles. The lowest BCUT2D eigenvalue weighted by Crippen LogP contribution is -2.34. The highest BCUT2D eigenvalue weighted by atomic mass is 35.5. The normalized spacial score (nSPS) is 13.8. The van der Waals surface area contributed by atoms with Crippen LogP contribution < -0.4 is 9.86 Å². The Morgan fingerprint density at radius 3 is 2.60 bits per heavy atom. The van der Waals surface area contributed by atoms with E-state index in [1.54, 1.807) is 24.3 Å². The highest BCUT2D eigenvalue weighted by molar-refractivity contribution is 7.87. The lowest BCUT2D eigenvalue weighted by Gasteiger charge is -2.12. The molecular weight excluding hydrogens is 240 g/mol. The second-order valence-electron chi connectivity index (χ2n) is 2.93. The third kappa shape index (κ3) is 4.15. The van der Waals surface area contributed by atoms with Crippen LogP contribution in [0.2, 0.25) is 5.02 Å². The number of benzene rings is 1. The summed E-state index contributed by atoms with van der Waals surface area (Å²) in [6.07, 6.45) is -1.02. The van der Waals surface area contributed by atoms with Crippen LogP contribution >= 0.6 is 11.6 Å². The van der Waals surface area contributed by atoms with Gasteiger partial charge in [0.25, 0.3) is 10.2 Å². The molecule has 5 nitrogen and oxygen atoms in total. The first kappa shape index (κ1) is 12.4. The second-order valence-corrected chi connectivity index (χ2v) is 4.72. The molecule has 0 bridgehead atoms. The maximum Gasteiger partial charge on any atom is 0.274 e. The maximum absolute atomic E-state index is 10.6. The van der Waals surface area contributed by atoms with Crippen molar-refractivity contribution >= 4 is 21.8 Å². The Balaban J connectivity index is 2.70. The van der Waals surface area contributed by atoms with E-state index in [4.69, 9.17) is 16.7 Å². The summed E-state index contributed by atoms with van der Waals surface area (Å²) in [5.74, 6) is 0. The molecule has 1 aromatic carbocycles. The standard InChI is InChI=1S/C8H11ClN2O3S/c9-7-4-2-1-3-6(7)8(12)5-11-15(10,13)14/h1-4,8,11-12H,5H2,(H2,10,13,14)/t8-/m1/s1. The molecule has 0 heterocycles. The Morgan fingerprint density at radius 1 is 1.47 bits per heavy atom. The van der Waals surface area contributed by atoms with Crippen LogP contribution in [0.15, 0.2) is 24.3 Å². The number of halogens is 1. The smallest absolute Gasteiger partial charge is 0.274 e. The molecule has 0 saturated carbocycles. The molecule has 4 N–H and O–H groups in total. The Bertz CT molecular complexity index is 435. The molecule has 7 heteroatoms. The molecule has 0 spiro atoms. The van der Waals surface area contributed by atoms with Gasteiger partial charge in [0.05, 0.1) is 6.10 Å². The van der Waals surface area contributed by atoms with Crippen LogP contribution in [0.25, 0.3) is 0 Å². The summed E-state index contributed by atoms with van der Waals surface area (Å²) in [6.45, 7) is -0.206. The van der Waals surface area contributed by atoms with Crippen molar-refractivity contribution in [2.75, 3.05) is 6.54 Å². The minimum absolute atomic E-state index is 0.206. The summed E-state index contributed by atoms with van der Waals surface area (Å²) in [7, 11) is -3.79. The lowest BCUT2D eigenvalue weighted by molar-refractivity contribution is 0.182. The predicted octanol–water partition coefficient (Wildman–Crippen LogP) is 0.167. The zero-order chi connectivity index (χ0) is 11.5. The van der Waals surface area contributed by atoms with E-state index in [0.717, 1.165) is 0 Å².